The van der Waals surface area contributed by atoms with Gasteiger partial charge in [-0.2, -0.15) is 0 Å². The molecule has 172 valence electrons. The molecule has 0 spiro atoms. The lowest BCUT2D eigenvalue weighted by molar-refractivity contribution is -0.151. The van der Waals surface area contributed by atoms with Crippen molar-refractivity contribution in [2.24, 2.45) is 5.92 Å². The molecule has 1 fully saturated rings. The molecule has 2 heterocycles. The molecular weight excluding hydrogens is 429 g/mol. The quantitative estimate of drug-likeness (QED) is 0.516. The molecule has 1 saturated heterocycles. The van der Waals surface area contributed by atoms with Crippen LogP contribution >= 0.6 is 0 Å². The largest absolute Gasteiger partial charge is 0.460 e. The average Bonchev–Trinajstić information content (AvgIpc) is 3.21. The second-order valence-corrected chi connectivity index (χ2v) is 7.81. The number of furan rings is 1. The average molecular weight is 453 g/mol. The molecule has 0 radical (unpaired) electrons. The topological polar surface area (TPSA) is 86.1 Å². The van der Waals surface area contributed by atoms with Gasteiger partial charge < -0.3 is 18.8 Å². The molecule has 33 heavy (non-hydrogen) atoms. The Bertz CT molecular complexity index is 1160. The zero-order valence-corrected chi connectivity index (χ0v) is 18.2. The molecule has 0 unspecified atom stereocenters. The molecule has 1 aliphatic heterocycles. The summed E-state index contributed by atoms with van der Waals surface area (Å²) in [4.78, 5) is 39.2. The van der Waals surface area contributed by atoms with E-state index >= 15 is 0 Å². The highest BCUT2D eigenvalue weighted by atomic mass is 19.1. The van der Waals surface area contributed by atoms with E-state index < -0.39 is 11.8 Å². The number of fused-ring (bicyclic) bond motifs is 1. The number of halogens is 1. The van der Waals surface area contributed by atoms with E-state index in [4.69, 9.17) is 13.9 Å². The van der Waals surface area contributed by atoms with Gasteiger partial charge in [-0.25, -0.2) is 9.18 Å². The number of nitrogens with zero attached hydrogens (tertiary/aromatic N) is 1. The Morgan fingerprint density at radius 2 is 1.73 bits per heavy atom. The highest BCUT2D eigenvalue weighted by molar-refractivity contribution is 5.96. The van der Waals surface area contributed by atoms with E-state index in [9.17, 15) is 18.8 Å². The SMILES string of the molecule is CCOC(=O)c1oc2ccccc2c1COC(=O)C1CCN(C(=O)c2ccc(F)cc2)CC1. The number of hydrogen-bond acceptors (Lipinski definition) is 6. The summed E-state index contributed by atoms with van der Waals surface area (Å²) in [6.07, 6.45) is 0.922. The first-order chi connectivity index (χ1) is 16.0. The lowest BCUT2D eigenvalue weighted by atomic mass is 9.96. The number of hydrogen-bond donors (Lipinski definition) is 0. The third kappa shape index (κ3) is 4.89. The lowest BCUT2D eigenvalue weighted by Crippen LogP contribution is -2.40. The summed E-state index contributed by atoms with van der Waals surface area (Å²) in [6.45, 7) is 2.59. The highest BCUT2D eigenvalue weighted by Crippen LogP contribution is 2.28. The molecule has 0 bridgehead atoms. The second-order valence-electron chi connectivity index (χ2n) is 7.81. The Morgan fingerprint density at radius 1 is 1.03 bits per heavy atom. The summed E-state index contributed by atoms with van der Waals surface area (Å²) < 4.78 is 29.4. The van der Waals surface area contributed by atoms with Crippen LogP contribution in [0.25, 0.3) is 11.0 Å². The minimum atomic E-state index is -0.604. The molecule has 3 aromatic rings. The maximum absolute atomic E-state index is 13.1. The van der Waals surface area contributed by atoms with Gasteiger partial charge in [0.05, 0.1) is 18.1 Å². The van der Waals surface area contributed by atoms with Crippen molar-refractivity contribution in [1.29, 1.82) is 0 Å². The zero-order chi connectivity index (χ0) is 23.4. The first kappa shape index (κ1) is 22.5. The van der Waals surface area contributed by atoms with E-state index in [1.54, 1.807) is 30.0 Å². The van der Waals surface area contributed by atoms with Crippen molar-refractivity contribution in [3.05, 3.63) is 71.2 Å². The normalized spacial score (nSPS) is 14.3. The molecule has 8 heteroatoms. The minimum Gasteiger partial charge on any atom is -0.460 e. The van der Waals surface area contributed by atoms with E-state index in [0.717, 1.165) is 0 Å². The van der Waals surface area contributed by atoms with Crippen molar-refractivity contribution in [3.63, 3.8) is 0 Å². The number of esters is 2. The first-order valence-electron chi connectivity index (χ1n) is 10.9. The third-order valence-corrected chi connectivity index (χ3v) is 5.72. The molecule has 1 aromatic heterocycles. The van der Waals surface area contributed by atoms with Crippen molar-refractivity contribution < 1.29 is 32.7 Å². The van der Waals surface area contributed by atoms with Crippen molar-refractivity contribution in [1.82, 2.24) is 4.90 Å². The molecule has 1 aliphatic rings. The van der Waals surface area contributed by atoms with Crippen LogP contribution in [0.15, 0.2) is 52.9 Å². The zero-order valence-electron chi connectivity index (χ0n) is 18.2. The number of carbonyl (C=O) groups excluding carboxylic acids is 3. The van der Waals surface area contributed by atoms with Crippen LogP contribution in [0.3, 0.4) is 0 Å². The van der Waals surface area contributed by atoms with Crippen molar-refractivity contribution >= 4 is 28.8 Å². The summed E-state index contributed by atoms with van der Waals surface area (Å²) >= 11 is 0. The van der Waals surface area contributed by atoms with Gasteiger partial charge in [-0.15, -0.1) is 0 Å². The monoisotopic (exact) mass is 453 g/mol. The molecular formula is C25H24FNO6. The van der Waals surface area contributed by atoms with Crippen molar-refractivity contribution in [3.8, 4) is 0 Å². The van der Waals surface area contributed by atoms with Crippen LogP contribution in [-0.2, 0) is 20.9 Å². The molecule has 7 nitrogen and oxygen atoms in total. The van der Waals surface area contributed by atoms with Crippen LogP contribution in [0.5, 0.6) is 0 Å². The van der Waals surface area contributed by atoms with Crippen LogP contribution in [0.1, 0.15) is 46.2 Å². The Balaban J connectivity index is 1.38. The van der Waals surface area contributed by atoms with Crippen LogP contribution in [0.2, 0.25) is 0 Å². The van der Waals surface area contributed by atoms with Gasteiger partial charge in [-0.1, -0.05) is 18.2 Å². The Kier molecular flexibility index (Phi) is 6.72. The minimum absolute atomic E-state index is 0.0329. The van der Waals surface area contributed by atoms with Gasteiger partial charge in [0.15, 0.2) is 0 Å². The van der Waals surface area contributed by atoms with E-state index in [-0.39, 0.29) is 36.8 Å². The van der Waals surface area contributed by atoms with Gasteiger partial charge in [0.2, 0.25) is 5.76 Å². The van der Waals surface area contributed by atoms with Crippen LogP contribution in [0.4, 0.5) is 4.39 Å². The van der Waals surface area contributed by atoms with Gasteiger partial charge >= 0.3 is 11.9 Å². The lowest BCUT2D eigenvalue weighted by Gasteiger charge is -2.31. The summed E-state index contributed by atoms with van der Waals surface area (Å²) in [5, 5.41) is 0.688. The second kappa shape index (κ2) is 9.85. The number of rotatable bonds is 6. The van der Waals surface area contributed by atoms with Crippen LogP contribution in [0, 0.1) is 11.7 Å². The van der Waals surface area contributed by atoms with E-state index in [1.807, 2.05) is 6.07 Å². The molecule has 0 atom stereocenters. The van der Waals surface area contributed by atoms with E-state index in [0.29, 0.717) is 48.0 Å². The number of ether oxygens (including phenoxy) is 2. The number of piperidine rings is 1. The fourth-order valence-electron chi connectivity index (χ4n) is 3.96. The summed E-state index contributed by atoms with van der Waals surface area (Å²) in [5.41, 5.74) is 1.40. The summed E-state index contributed by atoms with van der Waals surface area (Å²) in [7, 11) is 0. The Morgan fingerprint density at radius 3 is 2.42 bits per heavy atom. The van der Waals surface area contributed by atoms with Gasteiger partial charge in [0.1, 0.15) is 18.0 Å². The standard InChI is InChI=1S/C25H24FNO6/c1-2-31-25(30)22-20(19-5-3-4-6-21(19)33-22)15-32-24(29)17-11-13-27(14-12-17)23(28)16-7-9-18(26)10-8-16/h3-10,17H,2,11-15H2,1H3. The number of benzene rings is 2. The summed E-state index contributed by atoms with van der Waals surface area (Å²) in [5.74, 6) is -1.90. The van der Waals surface area contributed by atoms with Gasteiger partial charge in [-0.3, -0.25) is 9.59 Å². The van der Waals surface area contributed by atoms with E-state index in [1.165, 1.54) is 24.3 Å². The molecule has 1 amide bonds. The third-order valence-electron chi connectivity index (χ3n) is 5.72. The van der Waals surface area contributed by atoms with E-state index in [2.05, 4.69) is 0 Å². The van der Waals surface area contributed by atoms with Gasteiger partial charge in [0, 0.05) is 24.0 Å². The fourth-order valence-corrected chi connectivity index (χ4v) is 3.96. The number of para-hydroxylation sites is 1. The van der Waals surface area contributed by atoms with Crippen molar-refractivity contribution in [2.75, 3.05) is 19.7 Å². The Hall–Kier alpha value is -3.68. The first-order valence-corrected chi connectivity index (χ1v) is 10.9. The van der Waals surface area contributed by atoms with Crippen LogP contribution in [-0.4, -0.2) is 42.4 Å². The van der Waals surface area contributed by atoms with Crippen LogP contribution < -0.4 is 0 Å². The smallest absolute Gasteiger partial charge is 0.374 e. The Labute approximate surface area is 190 Å². The van der Waals surface area contributed by atoms with Gasteiger partial charge in [0.25, 0.3) is 5.91 Å². The number of likely N-dealkylation sites (tertiary alicyclic amines) is 1. The maximum Gasteiger partial charge on any atom is 0.374 e. The molecule has 2 aromatic carbocycles. The number of carbonyl (C=O) groups is 3. The molecule has 0 aliphatic carbocycles. The maximum atomic E-state index is 13.1. The predicted octanol–water partition coefficient (Wildman–Crippen LogP) is 4.34. The molecule has 0 N–H and O–H groups in total. The molecule has 4 rings (SSSR count). The molecule has 0 saturated carbocycles. The predicted molar refractivity (Wildman–Crippen MR) is 117 cm³/mol. The number of amides is 1. The fraction of sp³-hybridized carbons (Fsp3) is 0.320. The van der Waals surface area contributed by atoms with Crippen molar-refractivity contribution in [2.45, 2.75) is 26.4 Å². The summed E-state index contributed by atoms with van der Waals surface area (Å²) in [6, 6.07) is 12.5. The van der Waals surface area contributed by atoms with Gasteiger partial charge in [-0.05, 0) is 50.1 Å². The highest BCUT2D eigenvalue weighted by Gasteiger charge is 2.30.